The molecule has 0 aromatic carbocycles. The normalized spacial score (nSPS) is 27.6. The Kier molecular flexibility index (Phi) is 5.92. The van der Waals surface area contributed by atoms with E-state index >= 15 is 0 Å². The van der Waals surface area contributed by atoms with Gasteiger partial charge in [0.25, 0.3) is 0 Å². The van der Waals surface area contributed by atoms with Crippen molar-refractivity contribution >= 4 is 0 Å². The van der Waals surface area contributed by atoms with E-state index in [2.05, 4.69) is 12.2 Å². The molecule has 1 atom stereocenters. The Hall–Kier alpha value is -0.300. The van der Waals surface area contributed by atoms with E-state index in [-0.39, 0.29) is 0 Å². The summed E-state index contributed by atoms with van der Waals surface area (Å²) >= 11 is 0. The summed E-state index contributed by atoms with van der Waals surface area (Å²) in [7, 11) is 0. The summed E-state index contributed by atoms with van der Waals surface area (Å²) in [4.78, 5) is 0. The summed E-state index contributed by atoms with van der Waals surface area (Å²) in [6.45, 7) is 0. The molecule has 1 rings (SSSR count). The molecule has 0 heterocycles. The highest BCUT2D eigenvalue weighted by atomic mass is 14.6. The highest BCUT2D eigenvalue weighted by molar-refractivity contribution is 4.83. The molecule has 2 N–H and O–H groups in total. The maximum atomic E-state index is 5.98. The van der Waals surface area contributed by atoms with Crippen molar-refractivity contribution in [3.8, 4) is 0 Å². The van der Waals surface area contributed by atoms with Crippen LogP contribution < -0.4 is 5.73 Å². The van der Waals surface area contributed by atoms with E-state index in [0.717, 1.165) is 0 Å². The first-order valence-electron chi connectivity index (χ1n) is 5.80. The SMILES string of the molecule is NC1CCC=CCCCCCCC1. The highest BCUT2D eigenvalue weighted by Gasteiger charge is 2.01. The molecular weight excluding hydrogens is 158 g/mol. The van der Waals surface area contributed by atoms with Crippen LogP contribution in [-0.2, 0) is 0 Å². The number of nitrogens with two attached hydrogens (primary N) is 1. The average molecular weight is 181 g/mol. The summed E-state index contributed by atoms with van der Waals surface area (Å²) < 4.78 is 0. The lowest BCUT2D eigenvalue weighted by Gasteiger charge is -2.10. The van der Waals surface area contributed by atoms with Crippen LogP contribution in [0.2, 0.25) is 0 Å². The van der Waals surface area contributed by atoms with Crippen LogP contribution in [0.5, 0.6) is 0 Å². The minimum Gasteiger partial charge on any atom is -0.328 e. The lowest BCUT2D eigenvalue weighted by Crippen LogP contribution is -2.19. The average Bonchev–Trinajstić information content (AvgIpc) is 2.11. The van der Waals surface area contributed by atoms with Crippen LogP contribution in [0.25, 0.3) is 0 Å². The van der Waals surface area contributed by atoms with Gasteiger partial charge in [0.15, 0.2) is 0 Å². The zero-order valence-corrected chi connectivity index (χ0v) is 8.67. The Morgan fingerprint density at radius 1 is 0.769 bits per heavy atom. The van der Waals surface area contributed by atoms with Gasteiger partial charge in [-0.3, -0.25) is 0 Å². The van der Waals surface area contributed by atoms with Gasteiger partial charge >= 0.3 is 0 Å². The maximum absolute atomic E-state index is 5.98. The van der Waals surface area contributed by atoms with E-state index in [1.165, 1.54) is 57.8 Å². The maximum Gasteiger partial charge on any atom is 0.00417 e. The Bertz CT molecular complexity index is 140. The predicted molar refractivity (Wildman–Crippen MR) is 58.7 cm³/mol. The number of hydrogen-bond acceptors (Lipinski definition) is 1. The fraction of sp³-hybridized carbons (Fsp3) is 0.833. The van der Waals surface area contributed by atoms with Crippen molar-refractivity contribution in [1.82, 2.24) is 0 Å². The van der Waals surface area contributed by atoms with Crippen molar-refractivity contribution in [2.24, 2.45) is 5.73 Å². The second-order valence-electron chi connectivity index (χ2n) is 4.15. The van der Waals surface area contributed by atoms with Gasteiger partial charge in [0.05, 0.1) is 0 Å². The minimum atomic E-state index is 0.448. The van der Waals surface area contributed by atoms with Crippen molar-refractivity contribution in [3.63, 3.8) is 0 Å². The van der Waals surface area contributed by atoms with Gasteiger partial charge in [0, 0.05) is 6.04 Å². The fourth-order valence-corrected chi connectivity index (χ4v) is 1.89. The summed E-state index contributed by atoms with van der Waals surface area (Å²) in [5.74, 6) is 0. The smallest absolute Gasteiger partial charge is 0.00417 e. The third-order valence-electron chi connectivity index (χ3n) is 2.82. The van der Waals surface area contributed by atoms with Crippen molar-refractivity contribution < 1.29 is 0 Å². The van der Waals surface area contributed by atoms with Crippen LogP contribution in [0.1, 0.15) is 57.8 Å². The van der Waals surface area contributed by atoms with Crippen LogP contribution in [-0.4, -0.2) is 6.04 Å². The number of allylic oxidation sites excluding steroid dienone is 2. The fourth-order valence-electron chi connectivity index (χ4n) is 1.89. The molecule has 1 aliphatic carbocycles. The van der Waals surface area contributed by atoms with Gasteiger partial charge in [-0.05, 0) is 32.1 Å². The van der Waals surface area contributed by atoms with Gasteiger partial charge in [-0.2, -0.15) is 0 Å². The zero-order valence-electron chi connectivity index (χ0n) is 8.67. The molecule has 0 fully saturated rings. The van der Waals surface area contributed by atoms with Crippen molar-refractivity contribution in [2.75, 3.05) is 0 Å². The molecule has 0 aliphatic heterocycles. The molecule has 76 valence electrons. The minimum absolute atomic E-state index is 0.448. The highest BCUT2D eigenvalue weighted by Crippen LogP contribution is 2.12. The topological polar surface area (TPSA) is 26.0 Å². The Morgan fingerprint density at radius 3 is 2.38 bits per heavy atom. The molecule has 0 saturated carbocycles. The van der Waals surface area contributed by atoms with Gasteiger partial charge in [-0.15, -0.1) is 0 Å². The third kappa shape index (κ3) is 5.87. The van der Waals surface area contributed by atoms with Crippen LogP contribution in [0.15, 0.2) is 12.2 Å². The molecular formula is C12H23N. The van der Waals surface area contributed by atoms with E-state index < -0.39 is 0 Å². The Balaban J connectivity index is 2.21. The summed E-state index contributed by atoms with van der Waals surface area (Å²) in [6.07, 6.45) is 16.4. The summed E-state index contributed by atoms with van der Waals surface area (Å²) in [5.41, 5.74) is 5.98. The lowest BCUT2D eigenvalue weighted by molar-refractivity contribution is 0.513. The standard InChI is InChI=1S/C12H23N/c13-12-10-8-6-4-2-1-3-5-7-9-11-12/h4,6,12H,1-3,5,7-11,13H2. The Morgan fingerprint density at radius 2 is 1.46 bits per heavy atom. The quantitative estimate of drug-likeness (QED) is 0.569. The molecule has 13 heavy (non-hydrogen) atoms. The first-order chi connectivity index (χ1) is 6.39. The summed E-state index contributed by atoms with van der Waals surface area (Å²) in [6, 6.07) is 0.448. The van der Waals surface area contributed by atoms with E-state index in [4.69, 9.17) is 5.73 Å². The second kappa shape index (κ2) is 7.14. The largest absolute Gasteiger partial charge is 0.328 e. The summed E-state index contributed by atoms with van der Waals surface area (Å²) in [5, 5.41) is 0. The molecule has 0 aromatic rings. The van der Waals surface area contributed by atoms with Crippen molar-refractivity contribution in [2.45, 2.75) is 63.8 Å². The Labute approximate surface area is 82.4 Å². The van der Waals surface area contributed by atoms with Gasteiger partial charge in [0.2, 0.25) is 0 Å². The van der Waals surface area contributed by atoms with E-state index in [1.54, 1.807) is 0 Å². The van der Waals surface area contributed by atoms with Crippen LogP contribution >= 0.6 is 0 Å². The van der Waals surface area contributed by atoms with Gasteiger partial charge in [0.1, 0.15) is 0 Å². The molecule has 0 saturated heterocycles. The van der Waals surface area contributed by atoms with Crippen LogP contribution in [0.3, 0.4) is 0 Å². The van der Waals surface area contributed by atoms with Gasteiger partial charge in [-0.1, -0.05) is 37.8 Å². The number of rotatable bonds is 0. The molecule has 1 aliphatic rings. The first kappa shape index (κ1) is 10.8. The van der Waals surface area contributed by atoms with Crippen molar-refractivity contribution in [3.05, 3.63) is 12.2 Å². The zero-order chi connectivity index (χ0) is 9.36. The lowest BCUT2D eigenvalue weighted by atomic mass is 10.0. The predicted octanol–water partition coefficient (Wildman–Crippen LogP) is 3.39. The van der Waals surface area contributed by atoms with Gasteiger partial charge in [-0.25, -0.2) is 0 Å². The van der Waals surface area contributed by atoms with E-state index in [9.17, 15) is 0 Å². The molecule has 0 radical (unpaired) electrons. The van der Waals surface area contributed by atoms with Crippen LogP contribution in [0.4, 0.5) is 0 Å². The third-order valence-corrected chi connectivity index (χ3v) is 2.82. The monoisotopic (exact) mass is 181 g/mol. The second-order valence-corrected chi connectivity index (χ2v) is 4.15. The molecule has 1 nitrogen and oxygen atoms in total. The van der Waals surface area contributed by atoms with Crippen LogP contribution in [0, 0.1) is 0 Å². The van der Waals surface area contributed by atoms with E-state index in [0.29, 0.717) is 6.04 Å². The number of hydrogen-bond donors (Lipinski definition) is 1. The molecule has 0 spiro atoms. The van der Waals surface area contributed by atoms with Gasteiger partial charge < -0.3 is 5.73 Å². The first-order valence-corrected chi connectivity index (χ1v) is 5.80. The molecule has 1 unspecified atom stereocenters. The molecule has 0 amide bonds. The van der Waals surface area contributed by atoms with E-state index in [1.807, 2.05) is 0 Å². The molecule has 0 bridgehead atoms. The molecule has 1 heteroatoms. The molecule has 0 aromatic heterocycles. The van der Waals surface area contributed by atoms with Crippen molar-refractivity contribution in [1.29, 1.82) is 0 Å².